The minimum absolute atomic E-state index is 0.236. The minimum Gasteiger partial charge on any atom is -0.481 e. The molecular formula is C16H16ClNO2. The predicted molar refractivity (Wildman–Crippen MR) is 81.4 cm³/mol. The fourth-order valence-corrected chi connectivity index (χ4v) is 1.99. The van der Waals surface area contributed by atoms with Gasteiger partial charge in [-0.2, -0.15) is 0 Å². The Morgan fingerprint density at radius 3 is 2.55 bits per heavy atom. The van der Waals surface area contributed by atoms with Crippen LogP contribution in [-0.4, -0.2) is 12.0 Å². The van der Waals surface area contributed by atoms with E-state index in [0.29, 0.717) is 16.5 Å². The summed E-state index contributed by atoms with van der Waals surface area (Å²) in [5, 5.41) is 3.28. The van der Waals surface area contributed by atoms with Crippen LogP contribution in [0, 0.1) is 6.92 Å². The zero-order chi connectivity index (χ0) is 14.5. The number of carbonyl (C=O) groups is 1. The van der Waals surface area contributed by atoms with Crippen LogP contribution in [0.5, 0.6) is 5.75 Å². The van der Waals surface area contributed by atoms with Gasteiger partial charge in [0.05, 0.1) is 10.7 Å². The first-order valence-electron chi connectivity index (χ1n) is 6.35. The Balaban J connectivity index is 2.01. The lowest BCUT2D eigenvalue weighted by atomic mass is 10.2. The molecule has 104 valence electrons. The summed E-state index contributed by atoms with van der Waals surface area (Å²) in [4.78, 5) is 12.1. The van der Waals surface area contributed by atoms with Gasteiger partial charge in [0.15, 0.2) is 6.10 Å². The van der Waals surface area contributed by atoms with E-state index >= 15 is 0 Å². The molecule has 0 aliphatic rings. The predicted octanol–water partition coefficient (Wildman–Crippen LogP) is 4.05. The molecule has 0 saturated carbocycles. The fraction of sp³-hybridized carbons (Fsp3) is 0.188. The average molecular weight is 290 g/mol. The van der Waals surface area contributed by atoms with Crippen LogP contribution < -0.4 is 10.1 Å². The summed E-state index contributed by atoms with van der Waals surface area (Å²) >= 11 is 6.08. The molecule has 3 nitrogen and oxygen atoms in total. The molecule has 1 N–H and O–H groups in total. The molecule has 0 heterocycles. The first-order valence-corrected chi connectivity index (χ1v) is 6.73. The van der Waals surface area contributed by atoms with E-state index in [-0.39, 0.29) is 5.91 Å². The number of nitrogens with one attached hydrogen (secondary N) is 1. The first-order chi connectivity index (χ1) is 9.56. The van der Waals surface area contributed by atoms with Crippen molar-refractivity contribution in [2.75, 3.05) is 5.32 Å². The smallest absolute Gasteiger partial charge is 0.265 e. The van der Waals surface area contributed by atoms with Crippen LogP contribution in [0.2, 0.25) is 5.02 Å². The largest absolute Gasteiger partial charge is 0.481 e. The van der Waals surface area contributed by atoms with Crippen molar-refractivity contribution < 1.29 is 9.53 Å². The second-order valence-corrected chi connectivity index (χ2v) is 4.95. The lowest BCUT2D eigenvalue weighted by Crippen LogP contribution is -2.30. The molecular weight excluding hydrogens is 274 g/mol. The maximum atomic E-state index is 12.1. The summed E-state index contributed by atoms with van der Waals surface area (Å²) in [6.45, 7) is 3.64. The summed E-state index contributed by atoms with van der Waals surface area (Å²) in [5.41, 5.74) is 1.63. The number of rotatable bonds is 4. The van der Waals surface area contributed by atoms with Gasteiger partial charge in [0.1, 0.15) is 5.75 Å². The number of halogens is 1. The lowest BCUT2D eigenvalue weighted by Gasteiger charge is -2.15. The van der Waals surface area contributed by atoms with Crippen LogP contribution in [0.1, 0.15) is 12.5 Å². The molecule has 0 fully saturated rings. The van der Waals surface area contributed by atoms with Crippen molar-refractivity contribution in [1.29, 1.82) is 0 Å². The van der Waals surface area contributed by atoms with Gasteiger partial charge in [-0.3, -0.25) is 4.79 Å². The standard InChI is InChI=1S/C16H16ClNO2/c1-11-8-9-15(14(17)10-11)18-16(19)12(2)20-13-6-4-3-5-7-13/h3-10,12H,1-2H3,(H,18,19). The Labute approximate surface area is 123 Å². The molecule has 4 heteroatoms. The van der Waals surface area contributed by atoms with Gasteiger partial charge < -0.3 is 10.1 Å². The summed E-state index contributed by atoms with van der Waals surface area (Å²) in [6, 6.07) is 14.7. The maximum Gasteiger partial charge on any atom is 0.265 e. The number of amides is 1. The normalized spacial score (nSPS) is 11.8. The van der Waals surface area contributed by atoms with Crippen LogP contribution in [0.25, 0.3) is 0 Å². The Kier molecular flexibility index (Phi) is 4.64. The van der Waals surface area contributed by atoms with Crippen LogP contribution in [0.15, 0.2) is 48.5 Å². The topological polar surface area (TPSA) is 38.3 Å². The van der Waals surface area contributed by atoms with E-state index in [1.165, 1.54) is 0 Å². The van der Waals surface area contributed by atoms with Crippen LogP contribution in [0.3, 0.4) is 0 Å². The molecule has 1 unspecified atom stereocenters. The Hall–Kier alpha value is -2.00. The van der Waals surface area contributed by atoms with Crippen molar-refractivity contribution in [3.63, 3.8) is 0 Å². The summed E-state index contributed by atoms with van der Waals surface area (Å²) in [7, 11) is 0. The second kappa shape index (κ2) is 6.44. The van der Waals surface area contributed by atoms with E-state index in [9.17, 15) is 4.79 Å². The van der Waals surface area contributed by atoms with Crippen molar-refractivity contribution >= 4 is 23.2 Å². The van der Waals surface area contributed by atoms with Crippen LogP contribution in [0.4, 0.5) is 5.69 Å². The minimum atomic E-state index is -0.602. The van der Waals surface area contributed by atoms with E-state index in [0.717, 1.165) is 5.56 Å². The average Bonchev–Trinajstić information content (AvgIpc) is 2.43. The van der Waals surface area contributed by atoms with Crippen molar-refractivity contribution in [3.05, 3.63) is 59.1 Å². The Morgan fingerprint density at radius 2 is 1.90 bits per heavy atom. The Bertz CT molecular complexity index is 599. The van der Waals surface area contributed by atoms with E-state index in [2.05, 4.69) is 5.32 Å². The highest BCUT2D eigenvalue weighted by molar-refractivity contribution is 6.33. The monoisotopic (exact) mass is 289 g/mol. The number of anilines is 1. The Morgan fingerprint density at radius 1 is 1.20 bits per heavy atom. The van der Waals surface area contributed by atoms with Crippen LogP contribution >= 0.6 is 11.6 Å². The molecule has 0 spiro atoms. The molecule has 2 aromatic rings. The van der Waals surface area contributed by atoms with Gasteiger partial charge in [0.25, 0.3) is 5.91 Å². The second-order valence-electron chi connectivity index (χ2n) is 4.55. The molecule has 0 aliphatic carbocycles. The van der Waals surface area contributed by atoms with E-state index in [1.54, 1.807) is 19.1 Å². The molecule has 2 aromatic carbocycles. The van der Waals surface area contributed by atoms with Crippen molar-refractivity contribution in [2.45, 2.75) is 20.0 Å². The molecule has 1 atom stereocenters. The highest BCUT2D eigenvalue weighted by atomic mass is 35.5. The lowest BCUT2D eigenvalue weighted by molar-refractivity contribution is -0.122. The van der Waals surface area contributed by atoms with Crippen molar-refractivity contribution in [1.82, 2.24) is 0 Å². The number of benzene rings is 2. The van der Waals surface area contributed by atoms with Gasteiger partial charge in [-0.25, -0.2) is 0 Å². The number of aryl methyl sites for hydroxylation is 1. The third-order valence-electron chi connectivity index (χ3n) is 2.81. The molecule has 2 rings (SSSR count). The van der Waals surface area contributed by atoms with Crippen molar-refractivity contribution in [2.24, 2.45) is 0 Å². The highest BCUT2D eigenvalue weighted by Gasteiger charge is 2.15. The van der Waals surface area contributed by atoms with Gasteiger partial charge in [0.2, 0.25) is 0 Å². The van der Waals surface area contributed by atoms with E-state index < -0.39 is 6.10 Å². The number of hydrogen-bond acceptors (Lipinski definition) is 2. The zero-order valence-electron chi connectivity index (χ0n) is 11.4. The quantitative estimate of drug-likeness (QED) is 0.922. The molecule has 0 aliphatic heterocycles. The first kappa shape index (κ1) is 14.4. The number of carbonyl (C=O) groups excluding carboxylic acids is 1. The zero-order valence-corrected chi connectivity index (χ0v) is 12.1. The number of ether oxygens (including phenoxy) is 1. The summed E-state index contributed by atoms with van der Waals surface area (Å²) in [5.74, 6) is 0.421. The van der Waals surface area contributed by atoms with E-state index in [4.69, 9.17) is 16.3 Å². The molecule has 20 heavy (non-hydrogen) atoms. The van der Waals surface area contributed by atoms with Gasteiger partial charge in [-0.05, 0) is 43.7 Å². The van der Waals surface area contributed by atoms with Gasteiger partial charge in [-0.1, -0.05) is 35.9 Å². The maximum absolute atomic E-state index is 12.1. The summed E-state index contributed by atoms with van der Waals surface area (Å²) in [6.07, 6.45) is -0.602. The van der Waals surface area contributed by atoms with Gasteiger partial charge in [-0.15, -0.1) is 0 Å². The third-order valence-corrected chi connectivity index (χ3v) is 3.12. The molecule has 0 aromatic heterocycles. The van der Waals surface area contributed by atoms with Gasteiger partial charge >= 0.3 is 0 Å². The number of para-hydroxylation sites is 1. The molecule has 1 amide bonds. The van der Waals surface area contributed by atoms with Gasteiger partial charge in [0, 0.05) is 0 Å². The SMILES string of the molecule is Cc1ccc(NC(=O)C(C)Oc2ccccc2)c(Cl)c1. The molecule has 0 bridgehead atoms. The fourth-order valence-electron chi connectivity index (χ4n) is 1.71. The number of hydrogen-bond donors (Lipinski definition) is 1. The molecule has 0 radical (unpaired) electrons. The highest BCUT2D eigenvalue weighted by Crippen LogP contribution is 2.23. The third kappa shape index (κ3) is 3.75. The van der Waals surface area contributed by atoms with E-state index in [1.807, 2.05) is 43.3 Å². The summed E-state index contributed by atoms with van der Waals surface area (Å²) < 4.78 is 5.56. The van der Waals surface area contributed by atoms with Crippen molar-refractivity contribution in [3.8, 4) is 5.75 Å². The molecule has 0 saturated heterocycles. The van der Waals surface area contributed by atoms with Crippen LogP contribution in [-0.2, 0) is 4.79 Å².